The summed E-state index contributed by atoms with van der Waals surface area (Å²) in [5.74, 6) is 0.460. The normalized spacial score (nSPS) is 10.3. The molecule has 0 saturated heterocycles. The smallest absolute Gasteiger partial charge is 0.254 e. The maximum absolute atomic E-state index is 11.7. The number of rotatable bonds is 8. The van der Waals surface area contributed by atoms with Crippen LogP contribution in [-0.4, -0.2) is 49.7 Å². The third-order valence-electron chi connectivity index (χ3n) is 2.68. The number of nitrogens with one attached hydrogen (secondary N) is 1. The first-order chi connectivity index (χ1) is 9.19. The van der Waals surface area contributed by atoms with Crippen molar-refractivity contribution in [2.24, 2.45) is 0 Å². The van der Waals surface area contributed by atoms with Gasteiger partial charge < -0.3 is 15.0 Å². The van der Waals surface area contributed by atoms with Gasteiger partial charge in [0.25, 0.3) is 5.91 Å². The Morgan fingerprint density at radius 3 is 2.68 bits per heavy atom. The van der Waals surface area contributed by atoms with Gasteiger partial charge in [0.15, 0.2) is 0 Å². The van der Waals surface area contributed by atoms with Crippen LogP contribution in [0.5, 0.6) is 0 Å². The maximum Gasteiger partial charge on any atom is 0.254 e. The number of hydrogen-bond acceptors (Lipinski definition) is 5. The van der Waals surface area contributed by atoms with Crippen LogP contribution in [0.1, 0.15) is 30.1 Å². The number of unbranched alkanes of at least 4 members (excludes halogenated alkanes) is 1. The standard InChI is InChI=1S/C13H22N4O2/c1-4-5-7-17(2)13-15-9-11(10-16-13)12(18)14-6-8-19-3/h9-10H,4-8H2,1-3H3,(H,14,18). The van der Waals surface area contributed by atoms with Gasteiger partial charge in [-0.15, -0.1) is 0 Å². The predicted molar refractivity (Wildman–Crippen MR) is 74.4 cm³/mol. The molecular weight excluding hydrogens is 244 g/mol. The van der Waals surface area contributed by atoms with Gasteiger partial charge in [0.05, 0.1) is 12.2 Å². The van der Waals surface area contributed by atoms with E-state index in [0.29, 0.717) is 24.7 Å². The summed E-state index contributed by atoms with van der Waals surface area (Å²) >= 11 is 0. The Balaban J connectivity index is 2.53. The lowest BCUT2D eigenvalue weighted by atomic mass is 10.3. The van der Waals surface area contributed by atoms with Crippen LogP contribution in [-0.2, 0) is 4.74 Å². The van der Waals surface area contributed by atoms with E-state index in [9.17, 15) is 4.79 Å². The zero-order chi connectivity index (χ0) is 14.1. The molecule has 19 heavy (non-hydrogen) atoms. The van der Waals surface area contributed by atoms with Crippen LogP contribution in [0.2, 0.25) is 0 Å². The molecule has 1 amide bonds. The number of carbonyl (C=O) groups excluding carboxylic acids is 1. The van der Waals surface area contributed by atoms with Gasteiger partial charge in [0.2, 0.25) is 5.95 Å². The largest absolute Gasteiger partial charge is 0.383 e. The third kappa shape index (κ3) is 5.21. The van der Waals surface area contributed by atoms with Crippen LogP contribution in [0.25, 0.3) is 0 Å². The predicted octanol–water partition coefficient (Wildman–Crippen LogP) is 1.09. The number of hydrogen-bond donors (Lipinski definition) is 1. The number of ether oxygens (including phenoxy) is 1. The summed E-state index contributed by atoms with van der Waals surface area (Å²) in [4.78, 5) is 22.1. The van der Waals surface area contributed by atoms with Gasteiger partial charge in [-0.25, -0.2) is 9.97 Å². The molecule has 0 aliphatic rings. The van der Waals surface area contributed by atoms with E-state index in [2.05, 4.69) is 22.2 Å². The highest BCUT2D eigenvalue weighted by Crippen LogP contribution is 2.06. The van der Waals surface area contributed by atoms with E-state index in [1.165, 1.54) is 0 Å². The van der Waals surface area contributed by atoms with Gasteiger partial charge in [-0.2, -0.15) is 0 Å². The lowest BCUT2D eigenvalue weighted by molar-refractivity contribution is 0.0936. The van der Waals surface area contributed by atoms with Crippen molar-refractivity contribution in [2.75, 3.05) is 38.8 Å². The van der Waals surface area contributed by atoms with Gasteiger partial charge in [-0.3, -0.25) is 4.79 Å². The molecule has 1 rings (SSSR count). The molecule has 0 unspecified atom stereocenters. The highest BCUT2D eigenvalue weighted by molar-refractivity contribution is 5.93. The van der Waals surface area contributed by atoms with Crippen molar-refractivity contribution in [3.8, 4) is 0 Å². The van der Waals surface area contributed by atoms with Crippen LogP contribution in [0.3, 0.4) is 0 Å². The number of aromatic nitrogens is 2. The van der Waals surface area contributed by atoms with Crippen LogP contribution in [0.4, 0.5) is 5.95 Å². The molecule has 1 aromatic rings. The lowest BCUT2D eigenvalue weighted by Crippen LogP contribution is -2.27. The van der Waals surface area contributed by atoms with Crippen LogP contribution >= 0.6 is 0 Å². The van der Waals surface area contributed by atoms with Gasteiger partial charge in [0.1, 0.15) is 0 Å². The fraction of sp³-hybridized carbons (Fsp3) is 0.615. The van der Waals surface area contributed by atoms with E-state index in [1.54, 1.807) is 19.5 Å². The number of amides is 1. The fourth-order valence-corrected chi connectivity index (χ4v) is 1.50. The molecule has 0 aromatic carbocycles. The zero-order valence-corrected chi connectivity index (χ0v) is 11.8. The van der Waals surface area contributed by atoms with Crippen molar-refractivity contribution in [3.63, 3.8) is 0 Å². The first-order valence-corrected chi connectivity index (χ1v) is 6.49. The molecule has 0 bridgehead atoms. The Hall–Kier alpha value is -1.69. The average molecular weight is 266 g/mol. The quantitative estimate of drug-likeness (QED) is 0.713. The van der Waals surface area contributed by atoms with Crippen molar-refractivity contribution < 1.29 is 9.53 Å². The minimum absolute atomic E-state index is 0.181. The molecule has 1 aromatic heterocycles. The van der Waals surface area contributed by atoms with Crippen molar-refractivity contribution in [2.45, 2.75) is 19.8 Å². The van der Waals surface area contributed by atoms with Crippen LogP contribution < -0.4 is 10.2 Å². The first kappa shape index (κ1) is 15.4. The van der Waals surface area contributed by atoms with E-state index in [4.69, 9.17) is 4.74 Å². The van der Waals surface area contributed by atoms with E-state index in [1.807, 2.05) is 11.9 Å². The maximum atomic E-state index is 11.7. The molecular formula is C13H22N4O2. The van der Waals surface area contributed by atoms with E-state index >= 15 is 0 Å². The number of methoxy groups -OCH3 is 1. The molecule has 1 heterocycles. The molecule has 0 spiro atoms. The highest BCUT2D eigenvalue weighted by Gasteiger charge is 2.08. The summed E-state index contributed by atoms with van der Waals surface area (Å²) in [6.07, 6.45) is 5.32. The first-order valence-electron chi connectivity index (χ1n) is 6.49. The van der Waals surface area contributed by atoms with Gasteiger partial charge in [0, 0.05) is 39.6 Å². The molecule has 0 radical (unpaired) electrons. The molecule has 6 heteroatoms. The summed E-state index contributed by atoms with van der Waals surface area (Å²) in [5, 5.41) is 2.73. The monoisotopic (exact) mass is 266 g/mol. The summed E-state index contributed by atoms with van der Waals surface area (Å²) in [7, 11) is 3.54. The van der Waals surface area contributed by atoms with Gasteiger partial charge in [-0.1, -0.05) is 13.3 Å². The Morgan fingerprint density at radius 2 is 2.11 bits per heavy atom. The Morgan fingerprint density at radius 1 is 1.42 bits per heavy atom. The van der Waals surface area contributed by atoms with Gasteiger partial charge in [-0.05, 0) is 6.42 Å². The second-order valence-corrected chi connectivity index (χ2v) is 4.30. The van der Waals surface area contributed by atoms with E-state index < -0.39 is 0 Å². The van der Waals surface area contributed by atoms with E-state index in [0.717, 1.165) is 19.4 Å². The van der Waals surface area contributed by atoms with Gasteiger partial charge >= 0.3 is 0 Å². The Bertz CT molecular complexity index is 381. The molecule has 0 aliphatic heterocycles. The number of anilines is 1. The molecule has 0 fully saturated rings. The average Bonchev–Trinajstić information content (AvgIpc) is 2.45. The zero-order valence-electron chi connectivity index (χ0n) is 11.8. The molecule has 106 valence electrons. The SMILES string of the molecule is CCCCN(C)c1ncc(C(=O)NCCOC)cn1. The van der Waals surface area contributed by atoms with Crippen molar-refractivity contribution in [3.05, 3.63) is 18.0 Å². The molecule has 6 nitrogen and oxygen atoms in total. The molecule has 1 N–H and O–H groups in total. The second-order valence-electron chi connectivity index (χ2n) is 4.30. The fourth-order valence-electron chi connectivity index (χ4n) is 1.50. The van der Waals surface area contributed by atoms with Crippen LogP contribution in [0, 0.1) is 0 Å². The topological polar surface area (TPSA) is 67.4 Å². The van der Waals surface area contributed by atoms with Crippen LogP contribution in [0.15, 0.2) is 12.4 Å². The molecule has 0 atom stereocenters. The van der Waals surface area contributed by atoms with Crippen molar-refractivity contribution in [1.29, 1.82) is 0 Å². The van der Waals surface area contributed by atoms with E-state index in [-0.39, 0.29) is 5.91 Å². The molecule has 0 aliphatic carbocycles. The van der Waals surface area contributed by atoms with Crippen molar-refractivity contribution >= 4 is 11.9 Å². The van der Waals surface area contributed by atoms with Crippen molar-refractivity contribution in [1.82, 2.24) is 15.3 Å². The highest BCUT2D eigenvalue weighted by atomic mass is 16.5. The Kier molecular flexibility index (Phi) is 6.81. The Labute approximate surface area is 114 Å². The summed E-state index contributed by atoms with van der Waals surface area (Å²) < 4.78 is 4.86. The lowest BCUT2D eigenvalue weighted by Gasteiger charge is -2.16. The third-order valence-corrected chi connectivity index (χ3v) is 2.68. The minimum Gasteiger partial charge on any atom is -0.383 e. The minimum atomic E-state index is -0.181. The number of carbonyl (C=O) groups is 1. The molecule has 0 saturated carbocycles. The second kappa shape index (κ2) is 8.42. The number of nitrogens with zero attached hydrogens (tertiary/aromatic N) is 3. The summed E-state index contributed by atoms with van der Waals surface area (Å²) in [5.41, 5.74) is 0.462. The summed E-state index contributed by atoms with van der Waals surface area (Å²) in [6.45, 7) is 4.02. The summed E-state index contributed by atoms with van der Waals surface area (Å²) in [6, 6.07) is 0.